The number of phenols is 1. The van der Waals surface area contributed by atoms with Gasteiger partial charge >= 0.3 is 0 Å². The van der Waals surface area contributed by atoms with Gasteiger partial charge in [-0.25, -0.2) is 0 Å². The van der Waals surface area contributed by atoms with E-state index in [1.54, 1.807) is 12.1 Å². The lowest BCUT2D eigenvalue weighted by atomic mass is 9.70. The van der Waals surface area contributed by atoms with Crippen LogP contribution < -0.4 is 5.73 Å². The molecule has 0 aromatic heterocycles. The summed E-state index contributed by atoms with van der Waals surface area (Å²) in [7, 11) is 0. The molecule has 3 atom stereocenters. The summed E-state index contributed by atoms with van der Waals surface area (Å²) in [5.41, 5.74) is 7.37. The van der Waals surface area contributed by atoms with E-state index < -0.39 is 0 Å². The summed E-state index contributed by atoms with van der Waals surface area (Å²) < 4.78 is 5.95. The number of benzene rings is 1. The Bertz CT molecular complexity index is 403. The fourth-order valence-electron chi connectivity index (χ4n) is 3.38. The standard InChI is InChI=1S/C14H19NO2/c15-9-14(8-12-5-6-13(14)17-12)7-10-1-3-11(16)4-2-10/h1-4,12-13,16H,5-9,15H2. The van der Waals surface area contributed by atoms with Crippen LogP contribution in [0.1, 0.15) is 24.8 Å². The third-order valence-corrected chi connectivity index (χ3v) is 4.32. The van der Waals surface area contributed by atoms with Gasteiger partial charge in [0.25, 0.3) is 0 Å². The van der Waals surface area contributed by atoms with E-state index in [9.17, 15) is 5.11 Å². The first-order valence-electron chi connectivity index (χ1n) is 6.35. The quantitative estimate of drug-likeness (QED) is 0.837. The summed E-state index contributed by atoms with van der Waals surface area (Å²) in [6, 6.07) is 7.46. The van der Waals surface area contributed by atoms with Crippen LogP contribution in [0.4, 0.5) is 0 Å². The Hall–Kier alpha value is -1.06. The van der Waals surface area contributed by atoms with E-state index in [0.29, 0.717) is 24.5 Å². The van der Waals surface area contributed by atoms with Gasteiger partial charge in [-0.1, -0.05) is 12.1 Å². The van der Waals surface area contributed by atoms with Crippen molar-refractivity contribution in [2.75, 3.05) is 6.54 Å². The minimum Gasteiger partial charge on any atom is -0.508 e. The summed E-state index contributed by atoms with van der Waals surface area (Å²) in [4.78, 5) is 0. The molecular weight excluding hydrogens is 214 g/mol. The molecule has 3 nitrogen and oxygen atoms in total. The van der Waals surface area contributed by atoms with Crippen LogP contribution in [-0.4, -0.2) is 23.9 Å². The van der Waals surface area contributed by atoms with Crippen molar-refractivity contribution >= 4 is 0 Å². The van der Waals surface area contributed by atoms with Gasteiger partial charge in [-0.15, -0.1) is 0 Å². The van der Waals surface area contributed by atoms with Crippen molar-refractivity contribution < 1.29 is 9.84 Å². The van der Waals surface area contributed by atoms with E-state index in [2.05, 4.69) is 0 Å². The van der Waals surface area contributed by atoms with Crippen LogP contribution in [0.25, 0.3) is 0 Å². The van der Waals surface area contributed by atoms with Gasteiger partial charge < -0.3 is 15.6 Å². The second-order valence-corrected chi connectivity index (χ2v) is 5.44. The van der Waals surface area contributed by atoms with Crippen LogP contribution in [0, 0.1) is 5.41 Å². The van der Waals surface area contributed by atoms with Gasteiger partial charge in [0, 0.05) is 12.0 Å². The summed E-state index contributed by atoms with van der Waals surface area (Å²) in [5.74, 6) is 0.319. The number of phenolic OH excluding ortho intramolecular Hbond substituents is 1. The van der Waals surface area contributed by atoms with Crippen LogP contribution in [0.3, 0.4) is 0 Å². The molecule has 0 amide bonds. The average Bonchev–Trinajstić information content (AvgIpc) is 2.93. The second kappa shape index (κ2) is 4.00. The van der Waals surface area contributed by atoms with E-state index in [4.69, 9.17) is 10.5 Å². The molecule has 2 aliphatic rings. The van der Waals surface area contributed by atoms with Crippen molar-refractivity contribution in [2.24, 2.45) is 11.1 Å². The molecule has 0 spiro atoms. The molecule has 2 heterocycles. The van der Waals surface area contributed by atoms with Crippen LogP contribution in [-0.2, 0) is 11.2 Å². The predicted molar refractivity (Wildman–Crippen MR) is 65.8 cm³/mol. The Kier molecular flexibility index (Phi) is 2.60. The number of hydrogen-bond acceptors (Lipinski definition) is 3. The highest BCUT2D eigenvalue weighted by molar-refractivity contribution is 5.27. The molecule has 2 saturated heterocycles. The maximum atomic E-state index is 9.29. The maximum absolute atomic E-state index is 9.29. The summed E-state index contributed by atoms with van der Waals surface area (Å²) in [6.07, 6.45) is 5.18. The molecule has 3 heteroatoms. The van der Waals surface area contributed by atoms with Gasteiger partial charge in [0.05, 0.1) is 12.2 Å². The lowest BCUT2D eigenvalue weighted by molar-refractivity contribution is 0.0636. The Morgan fingerprint density at radius 1 is 1.29 bits per heavy atom. The van der Waals surface area contributed by atoms with E-state index in [-0.39, 0.29) is 5.41 Å². The van der Waals surface area contributed by atoms with Gasteiger partial charge in [-0.2, -0.15) is 0 Å². The average molecular weight is 233 g/mol. The first-order valence-corrected chi connectivity index (χ1v) is 6.35. The van der Waals surface area contributed by atoms with Gasteiger partial charge in [-0.3, -0.25) is 0 Å². The van der Waals surface area contributed by atoms with Crippen molar-refractivity contribution in [3.8, 4) is 5.75 Å². The molecule has 17 heavy (non-hydrogen) atoms. The topological polar surface area (TPSA) is 55.5 Å². The molecule has 92 valence electrons. The van der Waals surface area contributed by atoms with E-state index >= 15 is 0 Å². The Morgan fingerprint density at radius 3 is 2.59 bits per heavy atom. The normalized spacial score (nSPS) is 35.4. The van der Waals surface area contributed by atoms with Crippen molar-refractivity contribution in [1.29, 1.82) is 0 Å². The first kappa shape index (κ1) is 11.1. The SMILES string of the molecule is NCC1(Cc2ccc(O)cc2)CC2CCC1O2. The lowest BCUT2D eigenvalue weighted by Gasteiger charge is -2.34. The third-order valence-electron chi connectivity index (χ3n) is 4.32. The molecule has 1 aromatic carbocycles. The monoisotopic (exact) mass is 233 g/mol. The third kappa shape index (κ3) is 1.83. The predicted octanol–water partition coefficient (Wildman–Crippen LogP) is 1.83. The van der Waals surface area contributed by atoms with Gasteiger partial charge in [0.1, 0.15) is 5.75 Å². The molecule has 0 radical (unpaired) electrons. The minimum absolute atomic E-state index is 0.125. The molecule has 3 N–H and O–H groups in total. The highest BCUT2D eigenvalue weighted by Gasteiger charge is 2.51. The number of nitrogens with two attached hydrogens (primary N) is 1. The zero-order valence-corrected chi connectivity index (χ0v) is 9.93. The van der Waals surface area contributed by atoms with E-state index in [0.717, 1.165) is 19.3 Å². The molecule has 2 aliphatic heterocycles. The van der Waals surface area contributed by atoms with Crippen molar-refractivity contribution in [3.63, 3.8) is 0 Å². The number of hydrogen-bond donors (Lipinski definition) is 2. The summed E-state index contributed by atoms with van der Waals surface area (Å²) in [6.45, 7) is 0.690. The second-order valence-electron chi connectivity index (χ2n) is 5.44. The van der Waals surface area contributed by atoms with Crippen molar-refractivity contribution in [1.82, 2.24) is 0 Å². The number of fused-ring (bicyclic) bond motifs is 2. The highest BCUT2D eigenvalue weighted by Crippen LogP contribution is 2.48. The summed E-state index contributed by atoms with van der Waals surface area (Å²) in [5, 5.41) is 9.29. The number of rotatable bonds is 3. The Morgan fingerprint density at radius 2 is 2.06 bits per heavy atom. The molecule has 0 saturated carbocycles. The number of aromatic hydroxyl groups is 1. The molecule has 3 unspecified atom stereocenters. The van der Waals surface area contributed by atoms with Gasteiger partial charge in [0.2, 0.25) is 0 Å². The first-order chi connectivity index (χ1) is 8.22. The van der Waals surface area contributed by atoms with Crippen LogP contribution in [0.5, 0.6) is 5.75 Å². The Labute approximate surface area is 102 Å². The van der Waals surface area contributed by atoms with Crippen molar-refractivity contribution in [3.05, 3.63) is 29.8 Å². The fraction of sp³-hybridized carbons (Fsp3) is 0.571. The van der Waals surface area contributed by atoms with Crippen LogP contribution in [0.15, 0.2) is 24.3 Å². The Balaban J connectivity index is 1.80. The molecule has 0 aliphatic carbocycles. The molecular formula is C14H19NO2. The summed E-state index contributed by atoms with van der Waals surface area (Å²) >= 11 is 0. The van der Waals surface area contributed by atoms with Gasteiger partial charge in [-0.05, 0) is 43.4 Å². The molecule has 1 aromatic rings. The van der Waals surface area contributed by atoms with Crippen molar-refractivity contribution in [2.45, 2.75) is 37.9 Å². The zero-order valence-electron chi connectivity index (χ0n) is 9.93. The van der Waals surface area contributed by atoms with Crippen LogP contribution in [0.2, 0.25) is 0 Å². The van der Waals surface area contributed by atoms with Gasteiger partial charge in [0.15, 0.2) is 0 Å². The van der Waals surface area contributed by atoms with E-state index in [1.807, 2.05) is 12.1 Å². The zero-order chi connectivity index (χ0) is 11.9. The van der Waals surface area contributed by atoms with Crippen LogP contribution >= 0.6 is 0 Å². The molecule has 2 fully saturated rings. The minimum atomic E-state index is 0.125. The molecule has 2 bridgehead atoms. The number of ether oxygens (including phenoxy) is 1. The van der Waals surface area contributed by atoms with E-state index in [1.165, 1.54) is 12.0 Å². The highest BCUT2D eigenvalue weighted by atomic mass is 16.5. The fourth-order valence-corrected chi connectivity index (χ4v) is 3.38. The lowest BCUT2D eigenvalue weighted by Crippen LogP contribution is -2.41. The smallest absolute Gasteiger partial charge is 0.115 e. The maximum Gasteiger partial charge on any atom is 0.115 e. The largest absolute Gasteiger partial charge is 0.508 e. The molecule has 3 rings (SSSR count).